The lowest BCUT2D eigenvalue weighted by Gasteiger charge is -2.71. The molecule has 1 aliphatic heterocycles. The summed E-state index contributed by atoms with van der Waals surface area (Å²) in [5.41, 5.74) is 0.760. The zero-order valence-electron chi connectivity index (χ0n) is 22.6. The zero-order chi connectivity index (χ0) is 25.6. The lowest BCUT2D eigenvalue weighted by molar-refractivity contribution is -0.262. The molecule has 5 aliphatic rings. The van der Waals surface area contributed by atoms with Crippen molar-refractivity contribution in [1.82, 2.24) is 0 Å². The van der Waals surface area contributed by atoms with Crippen LogP contribution in [-0.2, 0) is 23.8 Å². The number of hydrogen-bond acceptors (Lipinski definition) is 6. The van der Waals surface area contributed by atoms with Crippen LogP contribution in [0.15, 0.2) is 11.8 Å². The highest BCUT2D eigenvalue weighted by Gasteiger charge is 2.71. The van der Waals surface area contributed by atoms with E-state index in [0.717, 1.165) is 18.4 Å². The number of carbonyl (C=O) groups is 2. The predicted octanol–water partition coefficient (Wildman–Crippen LogP) is 5.38. The molecule has 6 nitrogen and oxygen atoms in total. The molecule has 0 radical (unpaired) electrons. The summed E-state index contributed by atoms with van der Waals surface area (Å²) in [5.74, 6) is 0.0707. The van der Waals surface area contributed by atoms with Gasteiger partial charge in [0.25, 0.3) is 6.29 Å². The molecule has 0 bridgehead atoms. The van der Waals surface area contributed by atoms with Gasteiger partial charge >= 0.3 is 11.9 Å². The molecule has 1 N–H and O–H groups in total. The maximum absolute atomic E-state index is 12.1. The van der Waals surface area contributed by atoms with Crippen LogP contribution in [0.2, 0.25) is 0 Å². The molecule has 6 heteroatoms. The molecule has 10 atom stereocenters. The van der Waals surface area contributed by atoms with Crippen molar-refractivity contribution in [1.29, 1.82) is 0 Å². The fourth-order valence-electron chi connectivity index (χ4n) is 10.3. The topological polar surface area (TPSA) is 82.1 Å². The highest BCUT2D eigenvalue weighted by atomic mass is 16.7. The number of aliphatic hydroxyl groups is 1. The van der Waals surface area contributed by atoms with E-state index in [4.69, 9.17) is 14.2 Å². The predicted molar refractivity (Wildman–Crippen MR) is 131 cm³/mol. The summed E-state index contributed by atoms with van der Waals surface area (Å²) < 4.78 is 17.4. The van der Waals surface area contributed by atoms with Crippen molar-refractivity contribution >= 4 is 11.9 Å². The molecule has 0 aromatic carbocycles. The number of esters is 2. The lowest BCUT2D eigenvalue weighted by atomic mass is 9.34. The van der Waals surface area contributed by atoms with Gasteiger partial charge in [0, 0.05) is 24.8 Å². The van der Waals surface area contributed by atoms with E-state index in [-0.39, 0.29) is 28.6 Å². The minimum atomic E-state index is -0.802. The highest BCUT2D eigenvalue weighted by molar-refractivity contribution is 5.67. The van der Waals surface area contributed by atoms with Gasteiger partial charge in [0.15, 0.2) is 0 Å². The molecule has 4 aliphatic carbocycles. The second kappa shape index (κ2) is 7.97. The van der Waals surface area contributed by atoms with Crippen LogP contribution >= 0.6 is 0 Å². The average Bonchev–Trinajstić information content (AvgIpc) is 3.15. The third-order valence-corrected chi connectivity index (χ3v) is 11.6. The van der Waals surface area contributed by atoms with E-state index < -0.39 is 29.9 Å². The van der Waals surface area contributed by atoms with Crippen LogP contribution in [0.25, 0.3) is 0 Å². The first-order chi connectivity index (χ1) is 16.2. The smallest absolute Gasteiger partial charge is 0.305 e. The van der Waals surface area contributed by atoms with Crippen LogP contribution in [0.4, 0.5) is 0 Å². The highest BCUT2D eigenvalue weighted by Crippen LogP contribution is 2.74. The quantitative estimate of drug-likeness (QED) is 0.526. The third-order valence-electron chi connectivity index (χ3n) is 11.6. The van der Waals surface area contributed by atoms with Gasteiger partial charge in [-0.2, -0.15) is 0 Å². The van der Waals surface area contributed by atoms with E-state index in [0.29, 0.717) is 23.7 Å². The first kappa shape index (κ1) is 25.1. The Balaban J connectivity index is 1.59. The van der Waals surface area contributed by atoms with Crippen molar-refractivity contribution in [2.45, 2.75) is 112 Å². The normalized spacial score (nSPS) is 49.8. The van der Waals surface area contributed by atoms with Gasteiger partial charge in [0.2, 0.25) is 0 Å². The van der Waals surface area contributed by atoms with E-state index in [1.807, 2.05) is 0 Å². The van der Waals surface area contributed by atoms with Crippen LogP contribution in [0.5, 0.6) is 0 Å². The number of rotatable bonds is 2. The average molecular weight is 489 g/mol. The van der Waals surface area contributed by atoms with Gasteiger partial charge in [0.05, 0.1) is 18.3 Å². The number of fused-ring (bicyclic) bond motifs is 7. The maximum Gasteiger partial charge on any atom is 0.305 e. The lowest BCUT2D eigenvalue weighted by Crippen LogP contribution is -2.68. The third kappa shape index (κ3) is 3.44. The second-order valence-electron chi connectivity index (χ2n) is 13.7. The Labute approximate surface area is 210 Å². The fraction of sp³-hybridized carbons (Fsp3) is 0.862. The van der Waals surface area contributed by atoms with Crippen molar-refractivity contribution in [2.24, 2.45) is 45.3 Å². The van der Waals surface area contributed by atoms with Crippen LogP contribution in [-0.4, -0.2) is 35.5 Å². The van der Waals surface area contributed by atoms with E-state index in [2.05, 4.69) is 34.6 Å². The standard InChI is InChI=1S/C29H44O6/c1-16(30)34-19-13-22-28(6)12-9-20-26(3,4)10-8-11-27(20,5)21(28)14-23(32)29(22,7)24-18(19)15-33-25(24)35-17(2)31/h15,19-25,32H,8-14H2,1-7H3/t19-,20+,21-,22+,23-,24+,25+,27-,28+,29+/m0/s1. The number of ether oxygens (including phenoxy) is 3. The van der Waals surface area contributed by atoms with E-state index in [1.165, 1.54) is 39.5 Å². The minimum Gasteiger partial charge on any atom is -0.462 e. The summed E-state index contributed by atoms with van der Waals surface area (Å²) >= 11 is 0. The SMILES string of the molecule is CC(=O)O[C@H]1OC=C2[C@@H](OC(C)=O)C[C@@H]3[C@]4(C)CC[C@@H]5C(C)(C)CCC[C@]5(C)[C@@H]4C[C@H](O)[C@]3(C)[C@H]21. The van der Waals surface area contributed by atoms with Crippen molar-refractivity contribution < 1.29 is 28.9 Å². The van der Waals surface area contributed by atoms with E-state index >= 15 is 0 Å². The van der Waals surface area contributed by atoms with Gasteiger partial charge in [0.1, 0.15) is 6.10 Å². The molecule has 196 valence electrons. The molecule has 0 spiro atoms. The number of aliphatic hydroxyl groups excluding tert-OH is 1. The summed E-state index contributed by atoms with van der Waals surface area (Å²) in [5, 5.41) is 12.0. The summed E-state index contributed by atoms with van der Waals surface area (Å²) in [4.78, 5) is 24.1. The first-order valence-electron chi connectivity index (χ1n) is 13.6. The van der Waals surface area contributed by atoms with Gasteiger partial charge in [-0.1, -0.05) is 41.0 Å². The van der Waals surface area contributed by atoms with Gasteiger partial charge in [-0.15, -0.1) is 0 Å². The van der Waals surface area contributed by atoms with Gasteiger partial charge in [-0.25, -0.2) is 0 Å². The Morgan fingerprint density at radius 2 is 1.57 bits per heavy atom. The molecule has 0 unspecified atom stereocenters. The minimum absolute atomic E-state index is 0.0139. The first-order valence-corrected chi connectivity index (χ1v) is 13.6. The Kier molecular flexibility index (Phi) is 5.71. The summed E-state index contributed by atoms with van der Waals surface area (Å²) in [6.45, 7) is 14.8. The zero-order valence-corrected chi connectivity index (χ0v) is 22.6. The maximum atomic E-state index is 12.1. The van der Waals surface area contributed by atoms with Crippen LogP contribution in [0.1, 0.15) is 93.4 Å². The van der Waals surface area contributed by atoms with E-state index in [1.54, 1.807) is 6.26 Å². The second-order valence-corrected chi connectivity index (χ2v) is 13.7. The summed E-state index contributed by atoms with van der Waals surface area (Å²) in [6, 6.07) is 0. The molecule has 4 fully saturated rings. The molecular formula is C29H44O6. The van der Waals surface area contributed by atoms with Crippen LogP contribution in [0, 0.1) is 45.3 Å². The molecule has 0 saturated heterocycles. The summed E-state index contributed by atoms with van der Waals surface area (Å²) in [6.07, 6.45) is 7.26. The molecule has 35 heavy (non-hydrogen) atoms. The Morgan fingerprint density at radius 1 is 0.914 bits per heavy atom. The Bertz CT molecular complexity index is 939. The van der Waals surface area contributed by atoms with Gasteiger partial charge in [-0.05, 0) is 72.5 Å². The molecule has 0 amide bonds. The summed E-state index contributed by atoms with van der Waals surface area (Å²) in [7, 11) is 0. The molecule has 4 saturated carbocycles. The van der Waals surface area contributed by atoms with Crippen molar-refractivity contribution in [3.05, 3.63) is 11.8 Å². The van der Waals surface area contributed by atoms with Gasteiger partial charge < -0.3 is 19.3 Å². The molecule has 1 heterocycles. The number of hydrogen-bond donors (Lipinski definition) is 1. The Hall–Kier alpha value is -1.56. The molecule has 0 aromatic rings. The van der Waals surface area contributed by atoms with Crippen molar-refractivity contribution in [2.75, 3.05) is 0 Å². The molecular weight excluding hydrogens is 444 g/mol. The van der Waals surface area contributed by atoms with E-state index in [9.17, 15) is 14.7 Å². The molecule has 0 aromatic heterocycles. The molecule has 5 rings (SSSR count). The number of carbonyl (C=O) groups excluding carboxylic acids is 2. The van der Waals surface area contributed by atoms with Crippen molar-refractivity contribution in [3.63, 3.8) is 0 Å². The van der Waals surface area contributed by atoms with Crippen molar-refractivity contribution in [3.8, 4) is 0 Å². The van der Waals surface area contributed by atoms with Gasteiger partial charge in [-0.3, -0.25) is 9.59 Å². The monoisotopic (exact) mass is 488 g/mol. The fourth-order valence-corrected chi connectivity index (χ4v) is 10.3. The largest absolute Gasteiger partial charge is 0.462 e. The van der Waals surface area contributed by atoms with Crippen LogP contribution in [0.3, 0.4) is 0 Å². The van der Waals surface area contributed by atoms with Crippen LogP contribution < -0.4 is 0 Å². The Morgan fingerprint density at radius 3 is 2.23 bits per heavy atom.